The molecule has 0 aliphatic carbocycles. The Morgan fingerprint density at radius 3 is 2.41 bits per heavy atom. The maximum absolute atomic E-state index is 13.6. The van der Waals surface area contributed by atoms with Gasteiger partial charge in [0.25, 0.3) is 0 Å². The minimum Gasteiger partial charge on any atom is -0.398 e. The molecule has 0 spiro atoms. The molecule has 1 unspecified atom stereocenters. The van der Waals surface area contributed by atoms with Crippen LogP contribution in [0.1, 0.15) is 37.8 Å². The molecule has 5 N–H and O–H groups in total. The monoisotopic (exact) mass is 456 g/mol. The number of carbonyl (C=O) groups is 2. The molecule has 1 atom stereocenters. The number of amides is 2. The minimum absolute atomic E-state index is 0.107. The van der Waals surface area contributed by atoms with Gasteiger partial charge >= 0.3 is 0 Å². The first kappa shape index (κ1) is 23.5. The molecule has 1 aliphatic rings. The second-order valence-corrected chi connectivity index (χ2v) is 9.66. The molecule has 0 aromatic heterocycles. The lowest BCUT2D eigenvalue weighted by atomic mass is 10.0. The van der Waals surface area contributed by atoms with E-state index in [-0.39, 0.29) is 18.2 Å². The first-order valence-electron chi connectivity index (χ1n) is 11.6. The van der Waals surface area contributed by atoms with Gasteiger partial charge in [-0.3, -0.25) is 9.59 Å². The van der Waals surface area contributed by atoms with E-state index in [2.05, 4.69) is 5.32 Å². The van der Waals surface area contributed by atoms with E-state index in [1.54, 1.807) is 18.7 Å². The highest BCUT2D eigenvalue weighted by Gasteiger charge is 2.32. The van der Waals surface area contributed by atoms with Gasteiger partial charge in [0.15, 0.2) is 0 Å². The van der Waals surface area contributed by atoms with Gasteiger partial charge in [0, 0.05) is 28.9 Å². The van der Waals surface area contributed by atoms with E-state index in [0.29, 0.717) is 19.4 Å². The molecule has 2 amide bonds. The van der Waals surface area contributed by atoms with Crippen LogP contribution in [-0.4, -0.2) is 23.4 Å². The quantitative estimate of drug-likeness (QED) is 0.488. The van der Waals surface area contributed by atoms with Gasteiger partial charge in [0.05, 0.1) is 6.54 Å². The van der Waals surface area contributed by atoms with E-state index in [1.165, 1.54) is 0 Å². The number of aryl methyl sites for hydroxylation is 1. The van der Waals surface area contributed by atoms with Crippen molar-refractivity contribution in [2.24, 2.45) is 5.73 Å². The third-order valence-corrected chi connectivity index (χ3v) is 6.07. The highest BCUT2D eigenvalue weighted by molar-refractivity contribution is 6.00. The Kier molecular flexibility index (Phi) is 6.70. The second kappa shape index (κ2) is 9.69. The average molecular weight is 457 g/mol. The van der Waals surface area contributed by atoms with Gasteiger partial charge in [-0.25, -0.2) is 0 Å². The summed E-state index contributed by atoms with van der Waals surface area (Å²) in [6.07, 6.45) is 1.42. The second-order valence-electron chi connectivity index (χ2n) is 9.66. The van der Waals surface area contributed by atoms with E-state index in [1.807, 2.05) is 72.8 Å². The zero-order valence-corrected chi connectivity index (χ0v) is 19.8. The molecule has 6 heteroatoms. The van der Waals surface area contributed by atoms with Crippen molar-refractivity contribution < 1.29 is 9.59 Å². The molecule has 0 bridgehead atoms. The summed E-state index contributed by atoms with van der Waals surface area (Å²) in [5.74, 6) is -0.314. The Balaban J connectivity index is 1.58. The summed E-state index contributed by atoms with van der Waals surface area (Å²) in [6, 6.07) is 23.2. The third kappa shape index (κ3) is 5.46. The number of nitrogens with two attached hydrogens (primary N) is 2. The fourth-order valence-electron chi connectivity index (χ4n) is 4.40. The molecule has 0 radical (unpaired) electrons. The molecule has 0 fully saturated rings. The summed E-state index contributed by atoms with van der Waals surface area (Å²) >= 11 is 0. The Labute approximate surface area is 201 Å². The Bertz CT molecular complexity index is 1180. The van der Waals surface area contributed by atoms with E-state index in [4.69, 9.17) is 11.5 Å². The predicted octanol–water partition coefficient (Wildman–Crippen LogP) is 4.03. The lowest BCUT2D eigenvalue weighted by Crippen LogP contribution is -2.49. The molecule has 176 valence electrons. The number of fused-ring (bicyclic) bond motifs is 1. The summed E-state index contributed by atoms with van der Waals surface area (Å²) in [7, 11) is 0. The van der Waals surface area contributed by atoms with Crippen molar-refractivity contribution in [1.82, 2.24) is 5.32 Å². The van der Waals surface area contributed by atoms with Crippen LogP contribution in [0.25, 0.3) is 11.1 Å². The van der Waals surface area contributed by atoms with Crippen LogP contribution in [0.5, 0.6) is 0 Å². The van der Waals surface area contributed by atoms with Crippen molar-refractivity contribution in [3.8, 4) is 11.1 Å². The van der Waals surface area contributed by atoms with E-state index in [0.717, 1.165) is 33.6 Å². The van der Waals surface area contributed by atoms with Crippen LogP contribution in [0, 0.1) is 0 Å². The Hall–Kier alpha value is -3.64. The van der Waals surface area contributed by atoms with Gasteiger partial charge < -0.3 is 21.7 Å². The van der Waals surface area contributed by atoms with Crippen molar-refractivity contribution in [1.29, 1.82) is 0 Å². The van der Waals surface area contributed by atoms with Crippen LogP contribution >= 0.6 is 0 Å². The van der Waals surface area contributed by atoms with Crippen molar-refractivity contribution in [3.05, 3.63) is 83.9 Å². The number of hydrogen-bond donors (Lipinski definition) is 3. The Morgan fingerprint density at radius 1 is 1.03 bits per heavy atom. The minimum atomic E-state index is -0.635. The SMILES string of the molecule is CC(C)(N)CC(=O)NC1CCc2ccccc2N(Cc2ccc(-c3ccccc3N)cc2)C1=O. The van der Waals surface area contributed by atoms with Gasteiger partial charge in [-0.2, -0.15) is 0 Å². The van der Waals surface area contributed by atoms with Crippen molar-refractivity contribution in [2.45, 2.75) is 51.2 Å². The standard InChI is InChI=1S/C28H32N4O2/c1-28(2,30)17-26(33)31-24-16-15-21-7-3-6-10-25(21)32(27(24)34)18-19-11-13-20(14-12-19)22-8-4-5-9-23(22)29/h3-14,24H,15-18,29-30H2,1-2H3,(H,31,33). The number of nitrogens with zero attached hydrogens (tertiary/aromatic N) is 1. The van der Waals surface area contributed by atoms with E-state index in [9.17, 15) is 9.59 Å². The van der Waals surface area contributed by atoms with Crippen LogP contribution in [-0.2, 0) is 22.6 Å². The van der Waals surface area contributed by atoms with Crippen LogP contribution in [0.15, 0.2) is 72.8 Å². The van der Waals surface area contributed by atoms with Crippen LogP contribution in [0.3, 0.4) is 0 Å². The molecule has 1 heterocycles. The highest BCUT2D eigenvalue weighted by atomic mass is 16.2. The van der Waals surface area contributed by atoms with Crippen LogP contribution in [0.2, 0.25) is 0 Å². The molecular formula is C28H32N4O2. The normalized spacial score (nSPS) is 16.0. The van der Waals surface area contributed by atoms with Gasteiger partial charge in [-0.05, 0) is 55.5 Å². The lowest BCUT2D eigenvalue weighted by Gasteiger charge is -2.27. The van der Waals surface area contributed by atoms with Crippen molar-refractivity contribution in [3.63, 3.8) is 0 Å². The van der Waals surface area contributed by atoms with Gasteiger partial charge in [0.1, 0.15) is 6.04 Å². The van der Waals surface area contributed by atoms with Gasteiger partial charge in [0.2, 0.25) is 11.8 Å². The summed E-state index contributed by atoms with van der Waals surface area (Å²) in [6.45, 7) is 4.02. The summed E-state index contributed by atoms with van der Waals surface area (Å²) < 4.78 is 0. The summed E-state index contributed by atoms with van der Waals surface area (Å²) in [5, 5.41) is 2.93. The number of anilines is 2. The van der Waals surface area contributed by atoms with Crippen molar-refractivity contribution >= 4 is 23.2 Å². The number of benzene rings is 3. The number of rotatable bonds is 6. The maximum Gasteiger partial charge on any atom is 0.249 e. The van der Waals surface area contributed by atoms with E-state index >= 15 is 0 Å². The fraction of sp³-hybridized carbons (Fsp3) is 0.286. The molecule has 34 heavy (non-hydrogen) atoms. The fourth-order valence-corrected chi connectivity index (χ4v) is 4.40. The van der Waals surface area contributed by atoms with Crippen LogP contribution < -0.4 is 21.7 Å². The molecule has 0 saturated heterocycles. The summed E-state index contributed by atoms with van der Waals surface area (Å²) in [4.78, 5) is 27.9. The number of para-hydroxylation sites is 2. The number of nitrogen functional groups attached to an aromatic ring is 1. The smallest absolute Gasteiger partial charge is 0.249 e. The zero-order valence-electron chi connectivity index (χ0n) is 19.8. The first-order chi connectivity index (χ1) is 16.2. The van der Waals surface area contributed by atoms with Crippen molar-refractivity contribution in [2.75, 3.05) is 10.6 Å². The van der Waals surface area contributed by atoms with Gasteiger partial charge in [-0.15, -0.1) is 0 Å². The predicted molar refractivity (Wildman–Crippen MR) is 137 cm³/mol. The lowest BCUT2D eigenvalue weighted by molar-refractivity contribution is -0.128. The van der Waals surface area contributed by atoms with Crippen LogP contribution in [0.4, 0.5) is 11.4 Å². The number of nitrogens with one attached hydrogen (secondary N) is 1. The molecular weight excluding hydrogens is 424 g/mol. The highest BCUT2D eigenvalue weighted by Crippen LogP contribution is 2.30. The molecule has 1 aliphatic heterocycles. The molecule has 6 nitrogen and oxygen atoms in total. The summed E-state index contributed by atoms with van der Waals surface area (Å²) in [5.41, 5.74) is 17.2. The third-order valence-electron chi connectivity index (χ3n) is 6.07. The number of carbonyl (C=O) groups excluding carboxylic acids is 2. The maximum atomic E-state index is 13.6. The average Bonchev–Trinajstić information content (AvgIpc) is 2.91. The molecule has 3 aromatic rings. The Morgan fingerprint density at radius 2 is 1.71 bits per heavy atom. The number of hydrogen-bond acceptors (Lipinski definition) is 4. The molecule has 0 saturated carbocycles. The first-order valence-corrected chi connectivity index (χ1v) is 11.6. The largest absolute Gasteiger partial charge is 0.398 e. The molecule has 3 aromatic carbocycles. The zero-order chi connectivity index (χ0) is 24.3. The topological polar surface area (TPSA) is 101 Å². The van der Waals surface area contributed by atoms with E-state index < -0.39 is 11.6 Å². The molecule has 4 rings (SSSR count). The van der Waals surface area contributed by atoms with Gasteiger partial charge in [-0.1, -0.05) is 60.7 Å².